The molecule has 1 fully saturated rings. The molecule has 1 aliphatic rings. The highest BCUT2D eigenvalue weighted by Gasteiger charge is 2.22. The topological polar surface area (TPSA) is 23.6 Å². The first-order valence-electron chi connectivity index (χ1n) is 6.42. The van der Waals surface area contributed by atoms with E-state index in [2.05, 4.69) is 30.8 Å². The Labute approximate surface area is 99.8 Å². The van der Waals surface area contributed by atoms with E-state index in [1.165, 1.54) is 19.5 Å². The molecule has 0 saturated carbocycles. The van der Waals surface area contributed by atoms with E-state index in [0.717, 1.165) is 18.9 Å². The van der Waals surface area contributed by atoms with Crippen molar-refractivity contribution in [1.29, 1.82) is 0 Å². The third-order valence-electron chi connectivity index (χ3n) is 3.65. The number of likely N-dealkylation sites (N-methyl/N-ethyl adjacent to an activating group) is 1. The summed E-state index contributed by atoms with van der Waals surface area (Å²) < 4.78 is 0. The number of nitrogens with zero attached hydrogens (tertiary/aromatic N) is 2. The van der Waals surface area contributed by atoms with Gasteiger partial charge in [0.25, 0.3) is 0 Å². The SMILES string of the molecule is CCC(C)C(=O)CN(C)CC1CCN(C)C1. The Kier molecular flexibility index (Phi) is 5.42. The maximum absolute atomic E-state index is 11.8. The lowest BCUT2D eigenvalue weighted by Gasteiger charge is -2.21. The molecular weight excluding hydrogens is 200 g/mol. The minimum atomic E-state index is 0.216. The largest absolute Gasteiger partial charge is 0.306 e. The van der Waals surface area contributed by atoms with Crippen molar-refractivity contribution in [3.8, 4) is 0 Å². The highest BCUT2D eigenvalue weighted by Crippen LogP contribution is 2.15. The van der Waals surface area contributed by atoms with Gasteiger partial charge in [0.2, 0.25) is 0 Å². The minimum absolute atomic E-state index is 0.216. The van der Waals surface area contributed by atoms with Gasteiger partial charge >= 0.3 is 0 Å². The summed E-state index contributed by atoms with van der Waals surface area (Å²) in [5, 5.41) is 0. The fourth-order valence-electron chi connectivity index (χ4n) is 2.33. The molecule has 0 spiro atoms. The zero-order valence-corrected chi connectivity index (χ0v) is 11.2. The highest BCUT2D eigenvalue weighted by atomic mass is 16.1. The van der Waals surface area contributed by atoms with Crippen molar-refractivity contribution in [2.24, 2.45) is 11.8 Å². The van der Waals surface area contributed by atoms with Crippen molar-refractivity contribution in [2.75, 3.05) is 40.3 Å². The van der Waals surface area contributed by atoms with Crippen LogP contribution in [0.25, 0.3) is 0 Å². The summed E-state index contributed by atoms with van der Waals surface area (Å²) in [7, 11) is 4.24. The summed E-state index contributed by atoms with van der Waals surface area (Å²) in [5.41, 5.74) is 0. The first kappa shape index (κ1) is 13.7. The van der Waals surface area contributed by atoms with Crippen molar-refractivity contribution in [3.05, 3.63) is 0 Å². The lowest BCUT2D eigenvalue weighted by molar-refractivity contribution is -0.123. The number of hydrogen-bond acceptors (Lipinski definition) is 3. The number of hydrogen-bond donors (Lipinski definition) is 0. The smallest absolute Gasteiger partial charge is 0.149 e. The van der Waals surface area contributed by atoms with E-state index in [-0.39, 0.29) is 5.92 Å². The Morgan fingerprint density at radius 2 is 2.25 bits per heavy atom. The van der Waals surface area contributed by atoms with Gasteiger partial charge in [-0.05, 0) is 39.4 Å². The van der Waals surface area contributed by atoms with Crippen molar-refractivity contribution in [2.45, 2.75) is 26.7 Å². The van der Waals surface area contributed by atoms with E-state index >= 15 is 0 Å². The maximum Gasteiger partial charge on any atom is 0.149 e. The van der Waals surface area contributed by atoms with E-state index in [0.29, 0.717) is 12.3 Å². The van der Waals surface area contributed by atoms with Gasteiger partial charge in [0.1, 0.15) is 5.78 Å². The fourth-order valence-corrected chi connectivity index (χ4v) is 2.33. The summed E-state index contributed by atoms with van der Waals surface area (Å²) in [6.45, 7) is 8.18. The second-order valence-electron chi connectivity index (χ2n) is 5.39. The van der Waals surface area contributed by atoms with Crippen molar-refractivity contribution < 1.29 is 4.79 Å². The molecule has 0 aromatic heterocycles. The molecular formula is C13H26N2O. The van der Waals surface area contributed by atoms with E-state index in [9.17, 15) is 4.79 Å². The second-order valence-corrected chi connectivity index (χ2v) is 5.39. The Morgan fingerprint density at radius 3 is 2.75 bits per heavy atom. The average molecular weight is 226 g/mol. The predicted octanol–water partition coefficient (Wildman–Crippen LogP) is 1.49. The molecule has 3 nitrogen and oxygen atoms in total. The molecule has 0 aromatic carbocycles. The van der Waals surface area contributed by atoms with Gasteiger partial charge in [-0.25, -0.2) is 0 Å². The minimum Gasteiger partial charge on any atom is -0.306 e. The normalized spacial score (nSPS) is 23.9. The first-order valence-corrected chi connectivity index (χ1v) is 6.42. The molecule has 1 aliphatic heterocycles. The molecule has 0 N–H and O–H groups in total. The molecule has 1 heterocycles. The number of carbonyl (C=O) groups is 1. The van der Waals surface area contributed by atoms with Crippen LogP contribution >= 0.6 is 0 Å². The van der Waals surface area contributed by atoms with Gasteiger partial charge < -0.3 is 4.90 Å². The Hall–Kier alpha value is -0.410. The number of ketones is 1. The van der Waals surface area contributed by atoms with Crippen LogP contribution in [0.3, 0.4) is 0 Å². The van der Waals surface area contributed by atoms with Gasteiger partial charge in [0.15, 0.2) is 0 Å². The fraction of sp³-hybridized carbons (Fsp3) is 0.923. The van der Waals surface area contributed by atoms with Crippen LogP contribution in [0.2, 0.25) is 0 Å². The molecule has 16 heavy (non-hydrogen) atoms. The van der Waals surface area contributed by atoms with Crippen LogP contribution in [0.4, 0.5) is 0 Å². The van der Waals surface area contributed by atoms with Crippen molar-refractivity contribution >= 4 is 5.78 Å². The molecule has 2 unspecified atom stereocenters. The lowest BCUT2D eigenvalue weighted by atomic mass is 10.0. The van der Waals surface area contributed by atoms with Crippen LogP contribution in [-0.2, 0) is 4.79 Å². The summed E-state index contributed by atoms with van der Waals surface area (Å²) in [4.78, 5) is 16.3. The monoisotopic (exact) mass is 226 g/mol. The standard InChI is InChI=1S/C13H26N2O/c1-5-11(2)13(16)10-15(4)9-12-6-7-14(3)8-12/h11-12H,5-10H2,1-4H3. The molecule has 3 heteroatoms. The van der Waals surface area contributed by atoms with Crippen molar-refractivity contribution in [1.82, 2.24) is 9.80 Å². The zero-order chi connectivity index (χ0) is 12.1. The molecule has 1 rings (SSSR count). The predicted molar refractivity (Wildman–Crippen MR) is 67.6 cm³/mol. The summed E-state index contributed by atoms with van der Waals surface area (Å²) >= 11 is 0. The molecule has 0 aliphatic carbocycles. The molecule has 1 saturated heterocycles. The van der Waals surface area contributed by atoms with Crippen LogP contribution < -0.4 is 0 Å². The number of carbonyl (C=O) groups excluding carboxylic acids is 1. The lowest BCUT2D eigenvalue weighted by Crippen LogP contribution is -2.33. The van der Waals surface area contributed by atoms with Crippen LogP contribution in [0.5, 0.6) is 0 Å². The Balaban J connectivity index is 2.25. The summed E-state index contributed by atoms with van der Waals surface area (Å²) in [6, 6.07) is 0. The van der Waals surface area contributed by atoms with Gasteiger partial charge in [-0.2, -0.15) is 0 Å². The quantitative estimate of drug-likeness (QED) is 0.685. The van der Waals surface area contributed by atoms with Gasteiger partial charge in [0, 0.05) is 19.0 Å². The molecule has 0 radical (unpaired) electrons. The van der Waals surface area contributed by atoms with Crippen LogP contribution in [0.1, 0.15) is 26.7 Å². The third-order valence-corrected chi connectivity index (χ3v) is 3.65. The number of likely N-dealkylation sites (tertiary alicyclic amines) is 1. The van der Waals surface area contributed by atoms with E-state index < -0.39 is 0 Å². The second kappa shape index (κ2) is 6.36. The molecule has 2 atom stereocenters. The average Bonchev–Trinajstić information content (AvgIpc) is 2.62. The summed E-state index contributed by atoms with van der Waals surface area (Å²) in [5.74, 6) is 1.35. The van der Waals surface area contributed by atoms with Gasteiger partial charge in [-0.1, -0.05) is 13.8 Å². The third kappa shape index (κ3) is 4.22. The van der Waals surface area contributed by atoms with E-state index in [4.69, 9.17) is 0 Å². The van der Waals surface area contributed by atoms with E-state index in [1.807, 2.05) is 6.92 Å². The molecule has 0 bridgehead atoms. The van der Waals surface area contributed by atoms with Crippen LogP contribution in [0, 0.1) is 11.8 Å². The van der Waals surface area contributed by atoms with Crippen LogP contribution in [0.15, 0.2) is 0 Å². The zero-order valence-electron chi connectivity index (χ0n) is 11.2. The van der Waals surface area contributed by atoms with Crippen LogP contribution in [-0.4, -0.2) is 55.9 Å². The molecule has 0 amide bonds. The first-order chi connectivity index (χ1) is 7.52. The highest BCUT2D eigenvalue weighted by molar-refractivity contribution is 5.82. The van der Waals surface area contributed by atoms with Gasteiger partial charge in [-0.3, -0.25) is 9.69 Å². The molecule has 0 aromatic rings. The summed E-state index contributed by atoms with van der Waals surface area (Å²) in [6.07, 6.45) is 2.23. The molecule has 94 valence electrons. The Morgan fingerprint density at radius 1 is 1.56 bits per heavy atom. The maximum atomic E-state index is 11.8. The van der Waals surface area contributed by atoms with Gasteiger partial charge in [0.05, 0.1) is 6.54 Å². The van der Waals surface area contributed by atoms with Gasteiger partial charge in [-0.15, -0.1) is 0 Å². The van der Waals surface area contributed by atoms with Crippen molar-refractivity contribution in [3.63, 3.8) is 0 Å². The van der Waals surface area contributed by atoms with E-state index in [1.54, 1.807) is 0 Å². The number of rotatable bonds is 6. The number of Topliss-reactive ketones (excluding diaryl/α,β-unsaturated/α-hetero) is 1. The Bertz CT molecular complexity index is 230.